The van der Waals surface area contributed by atoms with Gasteiger partial charge in [0.2, 0.25) is 0 Å². The molecule has 0 spiro atoms. The number of rotatable bonds is 7. The van der Waals surface area contributed by atoms with Crippen molar-refractivity contribution in [3.8, 4) is 67.8 Å². The summed E-state index contributed by atoms with van der Waals surface area (Å²) in [7, 11) is 0. The van der Waals surface area contributed by atoms with Gasteiger partial charge in [0.05, 0.1) is 22.1 Å². The lowest BCUT2D eigenvalue weighted by molar-refractivity contribution is 1.07. The quantitative estimate of drug-likeness (QED) is 0.161. The molecule has 3 heterocycles. The van der Waals surface area contributed by atoms with E-state index < -0.39 is 0 Å². The van der Waals surface area contributed by atoms with Crippen LogP contribution in [0.15, 0.2) is 218 Å². The van der Waals surface area contributed by atoms with Crippen LogP contribution >= 0.6 is 0 Å². The van der Waals surface area contributed by atoms with E-state index in [1.54, 1.807) is 0 Å². The first-order chi connectivity index (χ1) is 31.2. The molecule has 0 aliphatic carbocycles. The molecule has 0 aliphatic heterocycles. The zero-order valence-electron chi connectivity index (χ0n) is 34.5. The van der Waals surface area contributed by atoms with Crippen molar-refractivity contribution in [3.05, 3.63) is 224 Å². The van der Waals surface area contributed by atoms with Gasteiger partial charge in [0.15, 0.2) is 17.5 Å². The molecule has 0 radical (unpaired) electrons. The third kappa shape index (κ3) is 6.21. The Labute approximate surface area is 364 Å². The van der Waals surface area contributed by atoms with Crippen LogP contribution < -0.4 is 0 Å². The van der Waals surface area contributed by atoms with Gasteiger partial charge in [-0.05, 0) is 95.4 Å². The number of benzene rings is 9. The van der Waals surface area contributed by atoms with Gasteiger partial charge >= 0.3 is 0 Å². The number of nitrogens with zero attached hydrogens (tertiary/aromatic N) is 5. The van der Waals surface area contributed by atoms with Crippen LogP contribution in [0, 0.1) is 6.92 Å². The van der Waals surface area contributed by atoms with Crippen molar-refractivity contribution in [2.45, 2.75) is 6.92 Å². The van der Waals surface area contributed by atoms with Crippen LogP contribution in [0.25, 0.3) is 111 Å². The van der Waals surface area contributed by atoms with Crippen LogP contribution in [0.5, 0.6) is 0 Å². The number of para-hydroxylation sites is 3. The largest absolute Gasteiger partial charge is 0.309 e. The number of hydrogen-bond acceptors (Lipinski definition) is 3. The summed E-state index contributed by atoms with van der Waals surface area (Å²) in [5.41, 5.74) is 15.3. The first-order valence-corrected chi connectivity index (χ1v) is 21.4. The highest BCUT2D eigenvalue weighted by Gasteiger charge is 2.21. The summed E-state index contributed by atoms with van der Waals surface area (Å²) in [4.78, 5) is 15.6. The van der Waals surface area contributed by atoms with Gasteiger partial charge in [0.1, 0.15) is 0 Å². The average molecular weight is 806 g/mol. The highest BCUT2D eigenvalue weighted by atomic mass is 15.0. The van der Waals surface area contributed by atoms with Crippen molar-refractivity contribution in [2.24, 2.45) is 0 Å². The lowest BCUT2D eigenvalue weighted by Crippen LogP contribution is -2.02. The highest BCUT2D eigenvalue weighted by Crippen LogP contribution is 2.42. The summed E-state index contributed by atoms with van der Waals surface area (Å²) in [6.07, 6.45) is 0. The molecule has 0 atom stereocenters. The minimum Gasteiger partial charge on any atom is -0.309 e. The fraction of sp³-hybridized carbons (Fsp3) is 0.0172. The maximum Gasteiger partial charge on any atom is 0.164 e. The fourth-order valence-electron chi connectivity index (χ4n) is 9.31. The predicted octanol–water partition coefficient (Wildman–Crippen LogP) is 14.7. The van der Waals surface area contributed by atoms with E-state index in [4.69, 9.17) is 15.0 Å². The monoisotopic (exact) mass is 805 g/mol. The molecule has 0 bridgehead atoms. The van der Waals surface area contributed by atoms with E-state index in [1.807, 2.05) is 36.4 Å². The summed E-state index contributed by atoms with van der Waals surface area (Å²) in [6.45, 7) is 2.19. The van der Waals surface area contributed by atoms with Crippen molar-refractivity contribution < 1.29 is 0 Å². The molecule has 0 saturated carbocycles. The Morgan fingerprint density at radius 2 is 0.778 bits per heavy atom. The normalized spacial score (nSPS) is 11.6. The second kappa shape index (κ2) is 14.9. The number of hydrogen-bond donors (Lipinski definition) is 0. The minimum atomic E-state index is 0.611. The maximum absolute atomic E-state index is 5.26. The van der Waals surface area contributed by atoms with Gasteiger partial charge in [-0.15, -0.1) is 0 Å². The average Bonchev–Trinajstić information content (AvgIpc) is 3.87. The van der Waals surface area contributed by atoms with E-state index in [2.05, 4.69) is 198 Å². The van der Waals surface area contributed by atoms with Crippen LogP contribution in [0.2, 0.25) is 0 Å². The van der Waals surface area contributed by atoms with Crippen LogP contribution in [0.3, 0.4) is 0 Å². The molecule has 3 aromatic heterocycles. The van der Waals surface area contributed by atoms with Crippen molar-refractivity contribution in [1.29, 1.82) is 0 Å². The van der Waals surface area contributed by atoms with Crippen LogP contribution in [-0.4, -0.2) is 24.1 Å². The second-order valence-electron chi connectivity index (χ2n) is 16.1. The Balaban J connectivity index is 1.15. The Kier molecular flexibility index (Phi) is 8.64. The Morgan fingerprint density at radius 1 is 0.302 bits per heavy atom. The van der Waals surface area contributed by atoms with Crippen molar-refractivity contribution >= 4 is 43.6 Å². The lowest BCUT2D eigenvalue weighted by Gasteiger charge is -2.16. The van der Waals surface area contributed by atoms with E-state index in [9.17, 15) is 0 Å². The van der Waals surface area contributed by atoms with Crippen molar-refractivity contribution in [1.82, 2.24) is 24.1 Å². The topological polar surface area (TPSA) is 48.5 Å². The highest BCUT2D eigenvalue weighted by molar-refractivity contribution is 6.12. The molecule has 9 aromatic carbocycles. The van der Waals surface area contributed by atoms with Crippen molar-refractivity contribution in [2.75, 3.05) is 0 Å². The molecule has 12 rings (SSSR count). The number of aryl methyl sites for hydroxylation is 1. The molecule has 12 aromatic rings. The summed E-state index contributed by atoms with van der Waals surface area (Å²) in [5.74, 6) is 1.87. The standard InChI is InChI=1S/C58H39N5/c1-38-17-11-14-26-51(38)63-54-33-29-42(39-18-5-2-6-19-39)35-49(54)50-36-43(30-34-55(50)63)48-37-44(62-52-27-15-12-24-45(52)46-25-13-16-28-53(46)62)31-32-47(48)58-60-56(40-20-7-3-8-21-40)59-57(61-58)41-22-9-4-10-23-41/h2-37H,1H3. The molecule has 0 unspecified atom stereocenters. The minimum absolute atomic E-state index is 0.611. The van der Waals surface area contributed by atoms with Gasteiger partial charge in [-0.25, -0.2) is 15.0 Å². The number of fused-ring (bicyclic) bond motifs is 6. The first kappa shape index (κ1) is 36.4. The molecule has 296 valence electrons. The molecule has 0 N–H and O–H groups in total. The van der Waals surface area contributed by atoms with E-state index in [1.165, 1.54) is 43.9 Å². The summed E-state index contributed by atoms with van der Waals surface area (Å²) in [6, 6.07) is 77.5. The molecule has 0 aliphatic rings. The lowest BCUT2D eigenvalue weighted by atomic mass is 9.96. The summed E-state index contributed by atoms with van der Waals surface area (Å²) in [5, 5.41) is 4.79. The van der Waals surface area contributed by atoms with E-state index in [0.717, 1.165) is 55.6 Å². The summed E-state index contributed by atoms with van der Waals surface area (Å²) >= 11 is 0. The first-order valence-electron chi connectivity index (χ1n) is 21.4. The number of aromatic nitrogens is 5. The van der Waals surface area contributed by atoms with Gasteiger partial charge in [0, 0.05) is 49.6 Å². The van der Waals surface area contributed by atoms with Crippen LogP contribution in [-0.2, 0) is 0 Å². The molecule has 5 nitrogen and oxygen atoms in total. The van der Waals surface area contributed by atoms with Crippen molar-refractivity contribution in [3.63, 3.8) is 0 Å². The van der Waals surface area contributed by atoms with Gasteiger partial charge in [-0.3, -0.25) is 0 Å². The van der Waals surface area contributed by atoms with E-state index in [-0.39, 0.29) is 0 Å². The Morgan fingerprint density at radius 3 is 1.38 bits per heavy atom. The zero-order valence-corrected chi connectivity index (χ0v) is 34.5. The molecule has 0 fully saturated rings. The van der Waals surface area contributed by atoms with Gasteiger partial charge in [-0.2, -0.15) is 0 Å². The van der Waals surface area contributed by atoms with Crippen LogP contribution in [0.4, 0.5) is 0 Å². The third-order valence-electron chi connectivity index (χ3n) is 12.3. The molecule has 63 heavy (non-hydrogen) atoms. The van der Waals surface area contributed by atoms with E-state index in [0.29, 0.717) is 17.5 Å². The smallest absolute Gasteiger partial charge is 0.164 e. The predicted molar refractivity (Wildman–Crippen MR) is 260 cm³/mol. The summed E-state index contributed by atoms with van der Waals surface area (Å²) < 4.78 is 4.79. The SMILES string of the molecule is Cc1ccccc1-n1c2ccc(-c3ccccc3)cc2c2cc(-c3cc(-n4c5ccccc5c5ccccc54)ccc3-c3nc(-c4ccccc4)nc(-c4ccccc4)n3)ccc21. The second-order valence-corrected chi connectivity index (χ2v) is 16.1. The van der Waals surface area contributed by atoms with Crippen LogP contribution in [0.1, 0.15) is 5.56 Å². The fourth-order valence-corrected chi connectivity index (χ4v) is 9.31. The third-order valence-corrected chi connectivity index (χ3v) is 12.3. The maximum atomic E-state index is 5.26. The molecular formula is C58H39N5. The Hall–Kier alpha value is -8.41. The van der Waals surface area contributed by atoms with E-state index >= 15 is 0 Å². The zero-order chi connectivity index (χ0) is 41.9. The molecule has 0 saturated heterocycles. The molecule has 5 heteroatoms. The van der Waals surface area contributed by atoms with Gasteiger partial charge in [-0.1, -0.05) is 158 Å². The van der Waals surface area contributed by atoms with Gasteiger partial charge < -0.3 is 9.13 Å². The Bertz CT molecular complexity index is 3570. The van der Waals surface area contributed by atoms with Gasteiger partial charge in [0.25, 0.3) is 0 Å². The molecule has 0 amide bonds. The molecular weight excluding hydrogens is 767 g/mol.